The lowest BCUT2D eigenvalue weighted by molar-refractivity contribution is -0.145. The quantitative estimate of drug-likeness (QED) is 0.423. The molecular weight excluding hydrogens is 416 g/mol. The van der Waals surface area contributed by atoms with Crippen LogP contribution in [0.4, 0.5) is 9.80 Å². The highest BCUT2D eigenvalue weighted by Gasteiger charge is 2.42. The van der Waals surface area contributed by atoms with Gasteiger partial charge < -0.3 is 22.3 Å². The Morgan fingerprint density at radius 2 is 1.81 bits per heavy atom. The minimum absolute atomic E-state index is 0.00138. The van der Waals surface area contributed by atoms with Crippen molar-refractivity contribution in [2.24, 2.45) is 23.1 Å². The number of primary amides is 2. The number of carboxylic acid groups (broad SMARTS) is 1. The van der Waals surface area contributed by atoms with Gasteiger partial charge in [-0.2, -0.15) is 0 Å². The highest BCUT2D eigenvalue weighted by Crippen LogP contribution is 2.36. The first-order chi connectivity index (χ1) is 14.7. The van der Waals surface area contributed by atoms with Gasteiger partial charge in [-0.05, 0) is 42.4 Å². The Morgan fingerprint density at radius 1 is 1.16 bits per heavy atom. The van der Waals surface area contributed by atoms with E-state index in [0.717, 1.165) is 41.7 Å². The number of urea groups is 1. The molecule has 0 spiro atoms. The highest BCUT2D eigenvalue weighted by atomic mass is 32.1. The Kier molecular flexibility index (Phi) is 6.77. The molecule has 9 heteroatoms. The van der Waals surface area contributed by atoms with Gasteiger partial charge in [-0.1, -0.05) is 49.3 Å². The molecule has 0 bridgehead atoms. The van der Waals surface area contributed by atoms with Crippen LogP contribution in [-0.2, 0) is 4.79 Å². The van der Waals surface area contributed by atoms with Crippen molar-refractivity contribution in [1.29, 1.82) is 0 Å². The van der Waals surface area contributed by atoms with Crippen molar-refractivity contribution >= 4 is 40.3 Å². The van der Waals surface area contributed by atoms with Crippen LogP contribution in [0, 0.1) is 5.92 Å². The van der Waals surface area contributed by atoms with Crippen LogP contribution in [0.25, 0.3) is 16.5 Å². The molecule has 3 amide bonds. The molecule has 1 aliphatic rings. The van der Waals surface area contributed by atoms with E-state index in [1.54, 1.807) is 6.07 Å². The number of hydrogen-bond donors (Lipinski definition) is 5. The van der Waals surface area contributed by atoms with Crippen molar-refractivity contribution in [3.05, 3.63) is 47.5 Å². The Morgan fingerprint density at radius 3 is 2.35 bits per heavy atom. The van der Waals surface area contributed by atoms with Gasteiger partial charge >= 0.3 is 12.0 Å². The molecule has 164 valence electrons. The normalized spacial score (nSPS) is 16.3. The summed E-state index contributed by atoms with van der Waals surface area (Å²) in [6.45, 7) is 0. The molecule has 8 N–H and O–H groups in total. The number of hydrogen-bond acceptors (Lipinski definition) is 5. The van der Waals surface area contributed by atoms with Gasteiger partial charge in [-0.3, -0.25) is 14.9 Å². The first-order valence-electron chi connectivity index (χ1n) is 10.00. The molecule has 0 aliphatic heterocycles. The third kappa shape index (κ3) is 5.12. The van der Waals surface area contributed by atoms with Gasteiger partial charge in [-0.15, -0.1) is 11.3 Å². The van der Waals surface area contributed by atoms with Gasteiger partial charge in [0.25, 0.3) is 5.91 Å². The third-order valence-electron chi connectivity index (χ3n) is 5.68. The minimum atomic E-state index is -1.24. The molecule has 1 atom stereocenters. The van der Waals surface area contributed by atoms with Crippen molar-refractivity contribution in [2.45, 2.75) is 37.6 Å². The number of carbonyl (C=O) groups is 3. The van der Waals surface area contributed by atoms with Gasteiger partial charge in [0.1, 0.15) is 10.5 Å². The second-order valence-corrected chi connectivity index (χ2v) is 8.81. The number of carboxylic acids is 1. The molecule has 1 heterocycles. The van der Waals surface area contributed by atoms with E-state index >= 15 is 0 Å². The maximum atomic E-state index is 11.8. The average Bonchev–Trinajstić information content (AvgIpc) is 3.38. The first kappa shape index (κ1) is 22.5. The Balaban J connectivity index is 1.73. The number of anilines is 1. The molecule has 31 heavy (non-hydrogen) atoms. The number of aliphatic carboxylic acids is 1. The zero-order valence-corrected chi connectivity index (χ0v) is 17.8. The number of carbonyl (C=O) groups excluding carboxylic acids is 2. The summed E-state index contributed by atoms with van der Waals surface area (Å²) in [5, 5.41) is 12.4. The Hall–Kier alpha value is -3.17. The molecule has 0 unspecified atom stereocenters. The smallest absolute Gasteiger partial charge is 0.324 e. The lowest BCUT2D eigenvalue weighted by Crippen LogP contribution is -2.53. The minimum Gasteiger partial charge on any atom is -0.480 e. The monoisotopic (exact) mass is 442 g/mol. The Bertz CT molecular complexity index is 1010. The van der Waals surface area contributed by atoms with Gasteiger partial charge in [-0.25, -0.2) is 4.79 Å². The summed E-state index contributed by atoms with van der Waals surface area (Å²) in [6, 6.07) is 8.34. The molecule has 1 aromatic heterocycles. The van der Waals surface area contributed by atoms with Crippen LogP contribution >= 0.6 is 11.3 Å². The predicted molar refractivity (Wildman–Crippen MR) is 122 cm³/mol. The van der Waals surface area contributed by atoms with Crippen LogP contribution in [0.3, 0.4) is 0 Å². The standard InChI is InChI=1S/C22H26N4O4S/c23-18(27)16-12-17(31-19(16)26-21(24)30)14-9-7-13(8-10-14)4-3-11-22(25,20(28)29)15-5-1-2-6-15/h3-4,7-10,12,15H,1-2,5-6,11,25H2,(H2,23,27)(H,28,29)(H3,24,26,30)/t22-/m1/s1. The second-order valence-electron chi connectivity index (χ2n) is 7.76. The maximum absolute atomic E-state index is 11.8. The summed E-state index contributed by atoms with van der Waals surface area (Å²) < 4.78 is 0. The molecule has 8 nitrogen and oxygen atoms in total. The summed E-state index contributed by atoms with van der Waals surface area (Å²) in [6.07, 6.45) is 7.69. The van der Waals surface area contributed by atoms with Gasteiger partial charge in [0, 0.05) is 4.88 Å². The number of thiophene rings is 1. The maximum Gasteiger partial charge on any atom is 0.324 e. The van der Waals surface area contributed by atoms with Gasteiger partial charge in [0.15, 0.2) is 0 Å². The number of benzene rings is 1. The molecule has 0 saturated heterocycles. The van der Waals surface area contributed by atoms with Crippen molar-refractivity contribution < 1.29 is 19.5 Å². The summed E-state index contributed by atoms with van der Waals surface area (Å²) in [4.78, 5) is 35.3. The Labute approximate surface area is 184 Å². The number of nitrogens with two attached hydrogens (primary N) is 3. The number of amides is 3. The van der Waals surface area contributed by atoms with Gasteiger partial charge in [0.2, 0.25) is 0 Å². The van der Waals surface area contributed by atoms with Crippen LogP contribution in [-0.4, -0.2) is 28.6 Å². The fourth-order valence-corrected chi connectivity index (χ4v) is 5.01. The lowest BCUT2D eigenvalue weighted by atomic mass is 9.80. The van der Waals surface area contributed by atoms with Crippen molar-refractivity contribution in [3.8, 4) is 10.4 Å². The first-order valence-corrected chi connectivity index (χ1v) is 10.8. The summed E-state index contributed by atoms with van der Waals surface area (Å²) >= 11 is 1.20. The largest absolute Gasteiger partial charge is 0.480 e. The van der Waals surface area contributed by atoms with E-state index in [1.807, 2.05) is 36.4 Å². The molecule has 3 rings (SSSR count). The van der Waals surface area contributed by atoms with Crippen LogP contribution in [0.15, 0.2) is 36.4 Å². The predicted octanol–water partition coefficient (Wildman–Crippen LogP) is 3.38. The van der Waals surface area contributed by atoms with Gasteiger partial charge in [0.05, 0.1) is 5.56 Å². The molecule has 1 aromatic carbocycles. The van der Waals surface area contributed by atoms with E-state index in [0.29, 0.717) is 5.00 Å². The summed E-state index contributed by atoms with van der Waals surface area (Å²) in [5.74, 6) is -1.61. The van der Waals surface area contributed by atoms with Crippen LogP contribution in [0.2, 0.25) is 0 Å². The molecular formula is C22H26N4O4S. The molecule has 1 aliphatic carbocycles. The van der Waals surface area contributed by atoms with Crippen molar-refractivity contribution in [2.75, 3.05) is 5.32 Å². The zero-order valence-electron chi connectivity index (χ0n) is 17.0. The molecule has 1 fully saturated rings. The second kappa shape index (κ2) is 9.32. The topological polar surface area (TPSA) is 162 Å². The molecule has 1 saturated carbocycles. The van der Waals surface area contributed by atoms with Crippen LogP contribution < -0.4 is 22.5 Å². The average molecular weight is 443 g/mol. The SMILES string of the molecule is NC(=O)Nc1sc(-c2ccc(C=CC[C@](N)(C(=O)O)C3CCCC3)cc2)cc1C(N)=O. The van der Waals surface area contributed by atoms with E-state index in [-0.39, 0.29) is 17.9 Å². The van der Waals surface area contributed by atoms with E-state index in [9.17, 15) is 19.5 Å². The van der Waals surface area contributed by atoms with E-state index < -0.39 is 23.4 Å². The van der Waals surface area contributed by atoms with Crippen LogP contribution in [0.5, 0.6) is 0 Å². The van der Waals surface area contributed by atoms with Crippen LogP contribution in [0.1, 0.15) is 48.0 Å². The summed E-state index contributed by atoms with van der Waals surface area (Å²) in [7, 11) is 0. The molecule has 0 radical (unpaired) electrons. The van der Waals surface area contributed by atoms with E-state index in [1.165, 1.54) is 11.3 Å². The summed E-state index contributed by atoms with van der Waals surface area (Å²) in [5.41, 5.74) is 17.5. The van der Waals surface area contributed by atoms with E-state index in [2.05, 4.69) is 5.32 Å². The van der Waals surface area contributed by atoms with Crippen molar-refractivity contribution in [1.82, 2.24) is 0 Å². The zero-order chi connectivity index (χ0) is 22.6. The van der Waals surface area contributed by atoms with E-state index in [4.69, 9.17) is 17.2 Å². The third-order valence-corrected chi connectivity index (χ3v) is 6.78. The lowest BCUT2D eigenvalue weighted by Gasteiger charge is -2.30. The number of rotatable bonds is 8. The fourth-order valence-electron chi connectivity index (χ4n) is 3.94. The molecule has 2 aromatic rings. The highest BCUT2D eigenvalue weighted by molar-refractivity contribution is 7.20. The fraction of sp³-hybridized carbons (Fsp3) is 0.318. The number of nitrogens with one attached hydrogen (secondary N) is 1. The van der Waals surface area contributed by atoms with Crippen molar-refractivity contribution in [3.63, 3.8) is 0 Å².